The van der Waals surface area contributed by atoms with Gasteiger partial charge >= 0.3 is 17.9 Å². The monoisotopic (exact) mass is 626 g/mol. The molecule has 3 aromatic rings. The van der Waals surface area contributed by atoms with Crippen molar-refractivity contribution in [2.24, 2.45) is 5.41 Å². The normalized spacial score (nSPS) is 11.3. The maximum Gasteiger partial charge on any atom is 0.338 e. The van der Waals surface area contributed by atoms with E-state index in [1.54, 1.807) is 6.92 Å². The molecule has 0 spiro atoms. The fourth-order valence-electron chi connectivity index (χ4n) is 4.53. The number of rotatable bonds is 16. The minimum absolute atomic E-state index is 0.0688. The molecule has 0 amide bonds. The van der Waals surface area contributed by atoms with E-state index in [0.29, 0.717) is 33.4 Å². The summed E-state index contributed by atoms with van der Waals surface area (Å²) in [5.41, 5.74) is 1.29. The first-order chi connectivity index (χ1) is 21.6. The molecule has 0 atom stereocenters. The van der Waals surface area contributed by atoms with Crippen molar-refractivity contribution in [2.75, 3.05) is 19.8 Å². The third-order valence-corrected chi connectivity index (χ3v) is 7.24. The Hall–Kier alpha value is -4.17. The van der Waals surface area contributed by atoms with Gasteiger partial charge in [-0.15, -0.1) is 0 Å². The highest BCUT2D eigenvalue weighted by atomic mass is 16.6. The third-order valence-electron chi connectivity index (χ3n) is 7.24. The maximum atomic E-state index is 13.0. The van der Waals surface area contributed by atoms with Crippen LogP contribution in [0, 0.1) is 5.41 Å². The molecule has 0 radical (unpaired) electrons. The summed E-state index contributed by atoms with van der Waals surface area (Å²) in [7, 11) is 0. The van der Waals surface area contributed by atoms with Crippen molar-refractivity contribution in [2.45, 2.75) is 53.0 Å². The van der Waals surface area contributed by atoms with Crippen molar-refractivity contribution < 1.29 is 59.2 Å². The van der Waals surface area contributed by atoms with Gasteiger partial charge in [0.05, 0.1) is 61.7 Å². The molecule has 242 valence electrons. The average Bonchev–Trinajstić information content (AvgIpc) is 3.09. The Morgan fingerprint density at radius 3 is 0.867 bits per heavy atom. The Morgan fingerprint density at radius 1 is 0.467 bits per heavy atom. The first kappa shape index (κ1) is 35.3. The molecule has 0 aromatic heterocycles. The standard InChI is InChI=1S/C33H38O12/c1-2-33(18-43-30(40)27-6-21(12-34)3-22(7-27)13-35,19-44-31(41)28-8-23(14-36)4-24(9-28)15-37)20-45-32(42)29-10-25(16-38)5-26(11-29)17-39/h3-11,34-39H,2,12-20H2,1H3. The molecule has 12 heteroatoms. The van der Waals surface area contributed by atoms with E-state index in [-0.39, 0.29) is 82.6 Å². The van der Waals surface area contributed by atoms with Gasteiger partial charge in [0.15, 0.2) is 0 Å². The lowest BCUT2D eigenvalue weighted by atomic mass is 9.87. The number of hydrogen-bond donors (Lipinski definition) is 6. The molecule has 0 unspecified atom stereocenters. The van der Waals surface area contributed by atoms with Gasteiger partial charge in [0.1, 0.15) is 19.8 Å². The van der Waals surface area contributed by atoms with Crippen LogP contribution in [0.4, 0.5) is 0 Å². The van der Waals surface area contributed by atoms with Crippen LogP contribution in [-0.2, 0) is 53.9 Å². The van der Waals surface area contributed by atoms with Gasteiger partial charge in [-0.3, -0.25) is 0 Å². The lowest BCUT2D eigenvalue weighted by Crippen LogP contribution is -2.39. The Bertz CT molecular complexity index is 1240. The van der Waals surface area contributed by atoms with E-state index in [1.165, 1.54) is 54.6 Å². The topological polar surface area (TPSA) is 200 Å². The molecule has 3 aromatic carbocycles. The maximum absolute atomic E-state index is 13.0. The molecule has 0 aliphatic rings. The van der Waals surface area contributed by atoms with Crippen molar-refractivity contribution >= 4 is 17.9 Å². The van der Waals surface area contributed by atoms with Crippen LogP contribution in [0.2, 0.25) is 0 Å². The number of esters is 3. The number of aliphatic hydroxyl groups is 6. The number of benzene rings is 3. The molecular weight excluding hydrogens is 588 g/mol. The summed E-state index contributed by atoms with van der Waals surface area (Å²) in [6.07, 6.45) is 0.205. The third kappa shape index (κ3) is 9.66. The Labute approximate surface area is 260 Å². The summed E-state index contributed by atoms with van der Waals surface area (Å²) in [5.74, 6) is -2.37. The summed E-state index contributed by atoms with van der Waals surface area (Å²) in [4.78, 5) is 39.1. The zero-order chi connectivity index (χ0) is 33.0. The minimum atomic E-state index is -1.24. The molecule has 0 heterocycles. The Morgan fingerprint density at radius 2 is 0.689 bits per heavy atom. The molecular formula is C33H38O12. The van der Waals surface area contributed by atoms with Crippen molar-refractivity contribution in [1.29, 1.82) is 0 Å². The van der Waals surface area contributed by atoms with E-state index in [0.717, 1.165) is 0 Å². The van der Waals surface area contributed by atoms with Crippen LogP contribution in [0.3, 0.4) is 0 Å². The van der Waals surface area contributed by atoms with Crippen LogP contribution in [0.1, 0.15) is 77.8 Å². The van der Waals surface area contributed by atoms with Crippen LogP contribution in [0.15, 0.2) is 54.6 Å². The summed E-state index contributed by atoms with van der Waals surface area (Å²) in [5, 5.41) is 57.2. The second-order valence-corrected chi connectivity index (χ2v) is 10.6. The van der Waals surface area contributed by atoms with E-state index in [2.05, 4.69) is 0 Å². The SMILES string of the molecule is CCC(COC(=O)c1cc(CO)cc(CO)c1)(COC(=O)c1cc(CO)cc(CO)c1)COC(=O)c1cc(CO)cc(CO)c1. The van der Waals surface area contributed by atoms with Gasteiger partial charge in [-0.05, 0) is 76.2 Å². The number of carbonyl (C=O) groups excluding carboxylic acids is 3. The predicted molar refractivity (Wildman–Crippen MR) is 158 cm³/mol. The first-order valence-corrected chi connectivity index (χ1v) is 14.2. The number of carbonyl (C=O) groups is 3. The fraction of sp³-hybridized carbons (Fsp3) is 0.364. The van der Waals surface area contributed by atoms with E-state index >= 15 is 0 Å². The highest BCUT2D eigenvalue weighted by Crippen LogP contribution is 2.27. The van der Waals surface area contributed by atoms with Crippen molar-refractivity contribution in [3.8, 4) is 0 Å². The Kier molecular flexibility index (Phi) is 13.2. The van der Waals surface area contributed by atoms with Gasteiger partial charge in [-0.1, -0.05) is 25.1 Å². The lowest BCUT2D eigenvalue weighted by Gasteiger charge is -2.31. The van der Waals surface area contributed by atoms with Crippen molar-refractivity contribution in [3.63, 3.8) is 0 Å². The van der Waals surface area contributed by atoms with Gasteiger partial charge in [-0.25, -0.2) is 14.4 Å². The average molecular weight is 627 g/mol. The summed E-state index contributed by atoms with van der Waals surface area (Å²) < 4.78 is 16.8. The van der Waals surface area contributed by atoms with E-state index in [9.17, 15) is 45.0 Å². The second-order valence-electron chi connectivity index (χ2n) is 10.6. The number of ether oxygens (including phenoxy) is 3. The summed E-state index contributed by atoms with van der Waals surface area (Å²) in [6, 6.07) is 13.1. The minimum Gasteiger partial charge on any atom is -0.461 e. The zero-order valence-corrected chi connectivity index (χ0v) is 24.9. The van der Waals surface area contributed by atoms with Crippen molar-refractivity contribution in [1.82, 2.24) is 0 Å². The first-order valence-electron chi connectivity index (χ1n) is 14.2. The number of aliphatic hydroxyl groups excluding tert-OH is 6. The highest BCUT2D eigenvalue weighted by Gasteiger charge is 2.35. The molecule has 0 aliphatic carbocycles. The van der Waals surface area contributed by atoms with Gasteiger partial charge < -0.3 is 44.8 Å². The molecule has 12 nitrogen and oxygen atoms in total. The Balaban J connectivity index is 1.86. The van der Waals surface area contributed by atoms with Crippen LogP contribution in [0.25, 0.3) is 0 Å². The van der Waals surface area contributed by atoms with Gasteiger partial charge in [-0.2, -0.15) is 0 Å². The largest absolute Gasteiger partial charge is 0.461 e. The van der Waals surface area contributed by atoms with Crippen LogP contribution < -0.4 is 0 Å². The van der Waals surface area contributed by atoms with Crippen LogP contribution >= 0.6 is 0 Å². The molecule has 6 N–H and O–H groups in total. The van der Waals surface area contributed by atoms with E-state index in [1.807, 2.05) is 0 Å². The van der Waals surface area contributed by atoms with E-state index < -0.39 is 23.3 Å². The van der Waals surface area contributed by atoms with Crippen LogP contribution in [0.5, 0.6) is 0 Å². The van der Waals surface area contributed by atoms with Crippen LogP contribution in [-0.4, -0.2) is 68.4 Å². The van der Waals surface area contributed by atoms with Gasteiger partial charge in [0, 0.05) is 0 Å². The summed E-state index contributed by atoms with van der Waals surface area (Å²) >= 11 is 0. The number of hydrogen-bond acceptors (Lipinski definition) is 12. The molecule has 3 rings (SSSR count). The zero-order valence-electron chi connectivity index (χ0n) is 24.9. The van der Waals surface area contributed by atoms with Gasteiger partial charge in [0.25, 0.3) is 0 Å². The predicted octanol–water partition coefficient (Wildman–Crippen LogP) is 1.91. The fourth-order valence-corrected chi connectivity index (χ4v) is 4.53. The van der Waals surface area contributed by atoms with E-state index in [4.69, 9.17) is 14.2 Å². The molecule has 0 saturated heterocycles. The van der Waals surface area contributed by atoms with Gasteiger partial charge in [0.2, 0.25) is 0 Å². The molecule has 45 heavy (non-hydrogen) atoms. The molecule has 0 bridgehead atoms. The molecule has 0 aliphatic heterocycles. The lowest BCUT2D eigenvalue weighted by molar-refractivity contribution is -0.0381. The smallest absolute Gasteiger partial charge is 0.338 e. The summed E-state index contributed by atoms with van der Waals surface area (Å²) in [6.45, 7) is -1.60. The second kappa shape index (κ2) is 16.8. The molecule has 0 saturated carbocycles. The highest BCUT2D eigenvalue weighted by molar-refractivity contribution is 5.91. The quantitative estimate of drug-likeness (QED) is 0.0998. The molecule has 0 fully saturated rings. The van der Waals surface area contributed by atoms with Crippen molar-refractivity contribution in [3.05, 3.63) is 105 Å².